The number of carbonyl (C=O) groups is 1. The van der Waals surface area contributed by atoms with Gasteiger partial charge in [0.1, 0.15) is 0 Å². The molecule has 4 N–H and O–H groups in total. The second-order valence-corrected chi connectivity index (χ2v) is 5.83. The number of anilines is 1. The Bertz CT molecular complexity index is 1010. The van der Waals surface area contributed by atoms with Crippen LogP contribution in [-0.4, -0.2) is 20.4 Å². The Kier molecular flexibility index (Phi) is 4.79. The van der Waals surface area contributed by atoms with Crippen molar-refractivity contribution in [3.8, 4) is 22.5 Å². The maximum Gasteiger partial charge on any atom is 0.271 e. The molecule has 0 bridgehead atoms. The zero-order chi connectivity index (χ0) is 18.7. The molecule has 3 rings (SSSR count). The average molecular weight is 349 g/mol. The van der Waals surface area contributed by atoms with Gasteiger partial charge in [-0.3, -0.25) is 9.59 Å². The summed E-state index contributed by atoms with van der Waals surface area (Å²) in [4.78, 5) is 32.4. The molecule has 0 aliphatic carbocycles. The van der Waals surface area contributed by atoms with Crippen LogP contribution in [0, 0.1) is 0 Å². The third-order valence-corrected chi connectivity index (χ3v) is 3.92. The van der Waals surface area contributed by atoms with Gasteiger partial charge in [-0.15, -0.1) is 0 Å². The third kappa shape index (κ3) is 3.32. The van der Waals surface area contributed by atoms with Gasteiger partial charge in [0.25, 0.3) is 11.5 Å². The monoisotopic (exact) mass is 349 g/mol. The first kappa shape index (κ1) is 17.3. The van der Waals surface area contributed by atoms with E-state index >= 15 is 0 Å². The van der Waals surface area contributed by atoms with E-state index in [4.69, 9.17) is 11.5 Å². The SMILES string of the molecule is CCCn1cc(-c2nc(C(N)=O)c(N)nc2-c2ccccc2)ccc1=O. The van der Waals surface area contributed by atoms with E-state index in [1.807, 2.05) is 37.3 Å². The summed E-state index contributed by atoms with van der Waals surface area (Å²) in [6, 6.07) is 12.5. The van der Waals surface area contributed by atoms with Gasteiger partial charge in [-0.05, 0) is 12.5 Å². The molecule has 0 fully saturated rings. The molecule has 2 aromatic heterocycles. The van der Waals surface area contributed by atoms with E-state index in [-0.39, 0.29) is 17.1 Å². The molecule has 0 aliphatic heterocycles. The summed E-state index contributed by atoms with van der Waals surface area (Å²) in [6.45, 7) is 2.57. The van der Waals surface area contributed by atoms with Gasteiger partial charge in [0.2, 0.25) is 0 Å². The van der Waals surface area contributed by atoms with Gasteiger partial charge >= 0.3 is 0 Å². The molecule has 0 saturated heterocycles. The molecule has 1 aromatic carbocycles. The Labute approximate surface area is 150 Å². The lowest BCUT2D eigenvalue weighted by Crippen LogP contribution is -2.20. The van der Waals surface area contributed by atoms with Crippen molar-refractivity contribution < 1.29 is 4.79 Å². The number of nitrogens with two attached hydrogens (primary N) is 2. The number of carbonyl (C=O) groups excluding carboxylic acids is 1. The summed E-state index contributed by atoms with van der Waals surface area (Å²) >= 11 is 0. The van der Waals surface area contributed by atoms with Crippen LogP contribution in [0.1, 0.15) is 23.8 Å². The fraction of sp³-hybridized carbons (Fsp3) is 0.158. The molecule has 26 heavy (non-hydrogen) atoms. The van der Waals surface area contributed by atoms with Crippen LogP contribution in [0.15, 0.2) is 53.5 Å². The first-order chi connectivity index (χ1) is 12.5. The molecule has 0 aliphatic rings. The lowest BCUT2D eigenvalue weighted by molar-refractivity contribution is 0.0996. The Morgan fingerprint density at radius 1 is 1.04 bits per heavy atom. The zero-order valence-electron chi connectivity index (χ0n) is 14.3. The Hall–Kier alpha value is -3.48. The van der Waals surface area contributed by atoms with Crippen molar-refractivity contribution in [2.75, 3.05) is 5.73 Å². The number of primary amides is 1. The molecule has 7 nitrogen and oxygen atoms in total. The van der Waals surface area contributed by atoms with Crippen LogP contribution in [0.5, 0.6) is 0 Å². The minimum absolute atomic E-state index is 0.0259. The average Bonchev–Trinajstić information content (AvgIpc) is 2.64. The highest BCUT2D eigenvalue weighted by Gasteiger charge is 2.18. The second kappa shape index (κ2) is 7.18. The number of nitrogens with zero attached hydrogens (tertiary/aromatic N) is 3. The molecule has 7 heteroatoms. The van der Waals surface area contributed by atoms with Crippen LogP contribution in [-0.2, 0) is 6.54 Å². The molecule has 132 valence electrons. The van der Waals surface area contributed by atoms with Gasteiger partial charge in [0.05, 0.1) is 11.4 Å². The Balaban J connectivity index is 2.28. The van der Waals surface area contributed by atoms with Crippen molar-refractivity contribution in [1.29, 1.82) is 0 Å². The number of hydrogen-bond donors (Lipinski definition) is 2. The molecule has 1 amide bonds. The van der Waals surface area contributed by atoms with Crippen LogP contribution in [0.2, 0.25) is 0 Å². The largest absolute Gasteiger partial charge is 0.382 e. The molecule has 0 radical (unpaired) electrons. The maximum atomic E-state index is 12.0. The maximum absolute atomic E-state index is 12.0. The van der Waals surface area contributed by atoms with Crippen molar-refractivity contribution >= 4 is 11.7 Å². The lowest BCUT2D eigenvalue weighted by atomic mass is 10.0. The molecule has 0 atom stereocenters. The predicted octanol–water partition coefficient (Wildman–Crippen LogP) is 2.06. The topological polar surface area (TPSA) is 117 Å². The molecule has 0 unspecified atom stereocenters. The minimum atomic E-state index is -0.752. The normalized spacial score (nSPS) is 10.7. The van der Waals surface area contributed by atoms with E-state index in [1.165, 1.54) is 6.07 Å². The molecular formula is C19H19N5O2. The number of rotatable bonds is 5. The van der Waals surface area contributed by atoms with Crippen LogP contribution in [0.25, 0.3) is 22.5 Å². The highest BCUT2D eigenvalue weighted by Crippen LogP contribution is 2.30. The fourth-order valence-electron chi connectivity index (χ4n) is 2.72. The Morgan fingerprint density at radius 2 is 1.73 bits per heavy atom. The molecule has 0 saturated carbocycles. The van der Waals surface area contributed by atoms with Gasteiger partial charge < -0.3 is 16.0 Å². The van der Waals surface area contributed by atoms with Crippen molar-refractivity contribution in [3.05, 3.63) is 64.7 Å². The van der Waals surface area contributed by atoms with Gasteiger partial charge in [0, 0.05) is 29.9 Å². The van der Waals surface area contributed by atoms with Gasteiger partial charge in [-0.2, -0.15) is 0 Å². The van der Waals surface area contributed by atoms with Crippen LogP contribution < -0.4 is 17.0 Å². The summed E-state index contributed by atoms with van der Waals surface area (Å²) in [7, 11) is 0. The number of nitrogen functional groups attached to an aromatic ring is 1. The van der Waals surface area contributed by atoms with Gasteiger partial charge in [-0.1, -0.05) is 37.3 Å². The molecular weight excluding hydrogens is 330 g/mol. The summed E-state index contributed by atoms with van der Waals surface area (Å²) in [5.74, 6) is -0.778. The summed E-state index contributed by atoms with van der Waals surface area (Å²) in [5, 5.41) is 0. The fourth-order valence-corrected chi connectivity index (χ4v) is 2.72. The smallest absolute Gasteiger partial charge is 0.271 e. The van der Waals surface area contributed by atoms with Crippen molar-refractivity contribution in [2.45, 2.75) is 19.9 Å². The lowest BCUT2D eigenvalue weighted by Gasteiger charge is -2.13. The summed E-state index contributed by atoms with van der Waals surface area (Å²) < 4.78 is 1.60. The van der Waals surface area contributed by atoms with Crippen molar-refractivity contribution in [1.82, 2.24) is 14.5 Å². The van der Waals surface area contributed by atoms with E-state index in [9.17, 15) is 9.59 Å². The highest BCUT2D eigenvalue weighted by atomic mass is 16.1. The van der Waals surface area contributed by atoms with E-state index < -0.39 is 5.91 Å². The Morgan fingerprint density at radius 3 is 2.38 bits per heavy atom. The van der Waals surface area contributed by atoms with Gasteiger partial charge in [0.15, 0.2) is 11.5 Å². The number of aryl methyl sites for hydroxylation is 1. The first-order valence-electron chi connectivity index (χ1n) is 8.25. The van der Waals surface area contributed by atoms with E-state index in [1.54, 1.807) is 16.8 Å². The van der Waals surface area contributed by atoms with E-state index in [0.29, 0.717) is 23.5 Å². The van der Waals surface area contributed by atoms with Gasteiger partial charge in [-0.25, -0.2) is 9.97 Å². The number of hydrogen-bond acceptors (Lipinski definition) is 5. The van der Waals surface area contributed by atoms with Crippen LogP contribution in [0.3, 0.4) is 0 Å². The number of benzene rings is 1. The van der Waals surface area contributed by atoms with Crippen LogP contribution >= 0.6 is 0 Å². The number of pyridine rings is 1. The second-order valence-electron chi connectivity index (χ2n) is 5.83. The molecule has 0 spiro atoms. The van der Waals surface area contributed by atoms with Crippen LogP contribution in [0.4, 0.5) is 5.82 Å². The summed E-state index contributed by atoms with van der Waals surface area (Å²) in [6.07, 6.45) is 2.53. The summed E-state index contributed by atoms with van der Waals surface area (Å²) in [5.41, 5.74) is 13.5. The van der Waals surface area contributed by atoms with Crippen molar-refractivity contribution in [3.63, 3.8) is 0 Å². The van der Waals surface area contributed by atoms with E-state index in [2.05, 4.69) is 9.97 Å². The molecule has 2 heterocycles. The zero-order valence-corrected chi connectivity index (χ0v) is 14.3. The van der Waals surface area contributed by atoms with Crippen molar-refractivity contribution in [2.24, 2.45) is 5.73 Å². The number of aromatic nitrogens is 3. The molecule has 3 aromatic rings. The minimum Gasteiger partial charge on any atom is -0.382 e. The quantitative estimate of drug-likeness (QED) is 0.731. The van der Waals surface area contributed by atoms with E-state index in [0.717, 1.165) is 12.0 Å². The number of amides is 1. The standard InChI is InChI=1S/C19H19N5O2/c1-2-10-24-11-13(8-9-14(24)25)16-15(12-6-4-3-5-7-12)23-18(20)17(22-16)19(21)26/h3-9,11H,2,10H2,1H3,(H2,20,23)(H2,21,26). The first-order valence-corrected chi connectivity index (χ1v) is 8.25. The highest BCUT2D eigenvalue weighted by molar-refractivity contribution is 5.96. The third-order valence-electron chi connectivity index (χ3n) is 3.92. The predicted molar refractivity (Wildman–Crippen MR) is 100 cm³/mol.